The standard InChI is InChI=1S/C14H12Cl2N2O3S/c15-9-1-2-12(11(16)5-9)20-8-13(19)18-6-10(7-18)21-14-17-3-4-22-14/h1-5,10H,6-8H2. The van der Waals surface area contributed by atoms with Crippen LogP contribution in [0, 0.1) is 0 Å². The Hall–Kier alpha value is -1.50. The van der Waals surface area contributed by atoms with Crippen molar-refractivity contribution in [3.05, 3.63) is 39.8 Å². The lowest BCUT2D eigenvalue weighted by Crippen LogP contribution is -2.57. The molecule has 0 saturated carbocycles. The maximum Gasteiger partial charge on any atom is 0.273 e. The van der Waals surface area contributed by atoms with Gasteiger partial charge in [-0.05, 0) is 18.2 Å². The van der Waals surface area contributed by atoms with E-state index in [9.17, 15) is 4.79 Å². The van der Waals surface area contributed by atoms with Crippen LogP contribution in [0.3, 0.4) is 0 Å². The maximum atomic E-state index is 12.0. The number of carbonyl (C=O) groups excluding carboxylic acids is 1. The fourth-order valence-corrected chi connectivity index (χ4v) is 2.97. The summed E-state index contributed by atoms with van der Waals surface area (Å²) in [6, 6.07) is 4.88. The Morgan fingerprint density at radius 3 is 2.91 bits per heavy atom. The second kappa shape index (κ2) is 6.73. The largest absolute Gasteiger partial charge is 0.482 e. The molecule has 1 aliphatic rings. The van der Waals surface area contributed by atoms with Gasteiger partial charge in [0, 0.05) is 16.6 Å². The van der Waals surface area contributed by atoms with Crippen molar-refractivity contribution >= 4 is 40.4 Å². The van der Waals surface area contributed by atoms with Crippen molar-refractivity contribution in [1.29, 1.82) is 0 Å². The van der Waals surface area contributed by atoms with Crippen LogP contribution in [0.15, 0.2) is 29.8 Å². The molecule has 0 spiro atoms. The molecule has 3 rings (SSSR count). The van der Waals surface area contributed by atoms with Crippen LogP contribution in [-0.4, -0.2) is 41.6 Å². The molecular formula is C14H12Cl2N2O3S. The van der Waals surface area contributed by atoms with E-state index in [-0.39, 0.29) is 18.6 Å². The summed E-state index contributed by atoms with van der Waals surface area (Å²) in [5.41, 5.74) is 0. The zero-order chi connectivity index (χ0) is 15.5. The highest BCUT2D eigenvalue weighted by Crippen LogP contribution is 2.27. The van der Waals surface area contributed by atoms with E-state index in [2.05, 4.69) is 4.98 Å². The zero-order valence-corrected chi connectivity index (χ0v) is 13.7. The molecule has 116 valence electrons. The minimum Gasteiger partial charge on any atom is -0.482 e. The number of hydrogen-bond acceptors (Lipinski definition) is 5. The number of rotatable bonds is 5. The predicted octanol–water partition coefficient (Wildman–Crippen LogP) is 3.12. The second-order valence-corrected chi connectivity index (χ2v) is 6.40. The molecule has 0 radical (unpaired) electrons. The number of thiazole rings is 1. The summed E-state index contributed by atoms with van der Waals surface area (Å²) in [6.45, 7) is 1.01. The number of likely N-dealkylation sites (tertiary alicyclic amines) is 1. The minimum absolute atomic E-state index is 0.00535. The number of ether oxygens (including phenoxy) is 2. The highest BCUT2D eigenvalue weighted by atomic mass is 35.5. The van der Waals surface area contributed by atoms with Crippen molar-refractivity contribution in [1.82, 2.24) is 9.88 Å². The van der Waals surface area contributed by atoms with Gasteiger partial charge < -0.3 is 14.4 Å². The third-order valence-electron chi connectivity index (χ3n) is 3.12. The van der Waals surface area contributed by atoms with E-state index in [0.29, 0.717) is 34.1 Å². The number of aromatic nitrogens is 1. The van der Waals surface area contributed by atoms with Gasteiger partial charge in [-0.25, -0.2) is 4.98 Å². The first-order valence-electron chi connectivity index (χ1n) is 6.53. The molecule has 2 heterocycles. The average molecular weight is 359 g/mol. The number of carbonyl (C=O) groups is 1. The van der Waals surface area contributed by atoms with Crippen LogP contribution in [0.2, 0.25) is 10.0 Å². The topological polar surface area (TPSA) is 51.7 Å². The smallest absolute Gasteiger partial charge is 0.273 e. The third-order valence-corrected chi connectivity index (χ3v) is 4.31. The highest BCUT2D eigenvalue weighted by Gasteiger charge is 2.32. The lowest BCUT2D eigenvalue weighted by molar-refractivity contribution is -0.142. The molecule has 1 fully saturated rings. The van der Waals surface area contributed by atoms with Gasteiger partial charge in [-0.2, -0.15) is 0 Å². The van der Waals surface area contributed by atoms with Gasteiger partial charge in [0.1, 0.15) is 11.9 Å². The molecule has 0 unspecified atom stereocenters. The quantitative estimate of drug-likeness (QED) is 0.823. The summed E-state index contributed by atoms with van der Waals surface area (Å²) < 4.78 is 11.0. The number of halogens is 2. The van der Waals surface area contributed by atoms with Crippen molar-refractivity contribution in [2.45, 2.75) is 6.10 Å². The van der Waals surface area contributed by atoms with E-state index in [1.165, 1.54) is 11.3 Å². The van der Waals surface area contributed by atoms with Crippen LogP contribution >= 0.6 is 34.5 Å². The lowest BCUT2D eigenvalue weighted by atomic mass is 10.1. The maximum absolute atomic E-state index is 12.0. The Labute approximate surface area is 141 Å². The summed E-state index contributed by atoms with van der Waals surface area (Å²) in [7, 11) is 0. The van der Waals surface area contributed by atoms with Crippen molar-refractivity contribution in [3.8, 4) is 10.9 Å². The molecule has 0 N–H and O–H groups in total. The number of benzene rings is 1. The molecule has 5 nitrogen and oxygen atoms in total. The third kappa shape index (κ3) is 3.63. The van der Waals surface area contributed by atoms with Gasteiger partial charge in [0.15, 0.2) is 6.61 Å². The van der Waals surface area contributed by atoms with Crippen LogP contribution < -0.4 is 9.47 Å². The molecule has 0 atom stereocenters. The van der Waals surface area contributed by atoms with Crippen molar-refractivity contribution in [3.63, 3.8) is 0 Å². The molecule has 0 bridgehead atoms. The SMILES string of the molecule is O=C(COc1ccc(Cl)cc1Cl)N1CC(Oc2nccs2)C1. The summed E-state index contributed by atoms with van der Waals surface area (Å²) in [4.78, 5) is 17.7. The van der Waals surface area contributed by atoms with E-state index in [1.807, 2.05) is 5.38 Å². The first-order chi connectivity index (χ1) is 10.6. The van der Waals surface area contributed by atoms with Gasteiger partial charge in [-0.15, -0.1) is 0 Å². The molecule has 22 heavy (non-hydrogen) atoms. The van der Waals surface area contributed by atoms with E-state index < -0.39 is 0 Å². The first-order valence-corrected chi connectivity index (χ1v) is 8.17. The predicted molar refractivity (Wildman–Crippen MR) is 85.1 cm³/mol. The molecule has 1 aliphatic heterocycles. The molecular weight excluding hydrogens is 347 g/mol. The normalized spacial score (nSPS) is 14.5. The number of hydrogen-bond donors (Lipinski definition) is 0. The van der Waals surface area contributed by atoms with Crippen LogP contribution in [0.5, 0.6) is 10.9 Å². The average Bonchev–Trinajstić information content (AvgIpc) is 2.94. The van der Waals surface area contributed by atoms with Crippen LogP contribution in [-0.2, 0) is 4.79 Å². The van der Waals surface area contributed by atoms with Crippen LogP contribution in [0.4, 0.5) is 0 Å². The monoisotopic (exact) mass is 358 g/mol. The van der Waals surface area contributed by atoms with E-state index in [1.54, 1.807) is 29.3 Å². The first kappa shape index (κ1) is 15.4. The summed E-state index contributed by atoms with van der Waals surface area (Å²) in [6.07, 6.45) is 1.68. The van der Waals surface area contributed by atoms with Gasteiger partial charge in [0.2, 0.25) is 0 Å². The van der Waals surface area contributed by atoms with Gasteiger partial charge in [-0.3, -0.25) is 4.79 Å². The van der Waals surface area contributed by atoms with Gasteiger partial charge in [0.05, 0.1) is 18.1 Å². The summed E-state index contributed by atoms with van der Waals surface area (Å²) >= 11 is 13.2. The summed E-state index contributed by atoms with van der Waals surface area (Å²) in [5, 5.41) is 3.38. The molecule has 2 aromatic rings. The molecule has 1 aromatic heterocycles. The molecule has 1 amide bonds. The van der Waals surface area contributed by atoms with E-state index in [4.69, 9.17) is 32.7 Å². The fraction of sp³-hybridized carbons (Fsp3) is 0.286. The Balaban J connectivity index is 1.44. The molecule has 8 heteroatoms. The highest BCUT2D eigenvalue weighted by molar-refractivity contribution is 7.11. The van der Waals surface area contributed by atoms with Crippen molar-refractivity contribution in [2.24, 2.45) is 0 Å². The van der Waals surface area contributed by atoms with E-state index >= 15 is 0 Å². The molecule has 0 aliphatic carbocycles. The molecule has 1 aromatic carbocycles. The number of nitrogens with zero attached hydrogens (tertiary/aromatic N) is 2. The minimum atomic E-state index is -0.106. The Kier molecular flexibility index (Phi) is 4.71. The van der Waals surface area contributed by atoms with Gasteiger partial charge in [-0.1, -0.05) is 34.5 Å². The van der Waals surface area contributed by atoms with Gasteiger partial charge in [0.25, 0.3) is 11.1 Å². The van der Waals surface area contributed by atoms with Crippen molar-refractivity contribution < 1.29 is 14.3 Å². The van der Waals surface area contributed by atoms with Gasteiger partial charge >= 0.3 is 0 Å². The van der Waals surface area contributed by atoms with Crippen LogP contribution in [0.1, 0.15) is 0 Å². The van der Waals surface area contributed by atoms with E-state index in [0.717, 1.165) is 0 Å². The fourth-order valence-electron chi connectivity index (χ4n) is 1.95. The Morgan fingerprint density at radius 1 is 1.41 bits per heavy atom. The molecule has 1 saturated heterocycles. The Morgan fingerprint density at radius 2 is 2.23 bits per heavy atom. The van der Waals surface area contributed by atoms with Crippen LogP contribution in [0.25, 0.3) is 0 Å². The second-order valence-electron chi connectivity index (χ2n) is 4.70. The number of amides is 1. The lowest BCUT2D eigenvalue weighted by Gasteiger charge is -2.38. The summed E-state index contributed by atoms with van der Waals surface area (Å²) in [5.74, 6) is 0.334. The zero-order valence-electron chi connectivity index (χ0n) is 11.4. The Bertz CT molecular complexity index is 660. The van der Waals surface area contributed by atoms with Crippen molar-refractivity contribution in [2.75, 3.05) is 19.7 Å².